The van der Waals surface area contributed by atoms with Crippen molar-refractivity contribution in [2.24, 2.45) is 10.8 Å². The van der Waals surface area contributed by atoms with E-state index in [1.807, 2.05) is 6.20 Å². The molecular weight excluding hydrogens is 218 g/mol. The molecule has 1 heterocycles. The van der Waals surface area contributed by atoms with E-state index in [9.17, 15) is 0 Å². The van der Waals surface area contributed by atoms with Crippen LogP contribution < -0.4 is 0 Å². The average Bonchev–Trinajstić information content (AvgIpc) is 2.25. The summed E-state index contributed by atoms with van der Waals surface area (Å²) in [5.74, 6) is 0. The molecule has 98 valence electrons. The van der Waals surface area contributed by atoms with Gasteiger partial charge in [-0.1, -0.05) is 58.8 Å². The molecule has 0 aliphatic heterocycles. The van der Waals surface area contributed by atoms with Gasteiger partial charge >= 0.3 is 0 Å². The third-order valence-corrected chi connectivity index (χ3v) is 3.87. The highest BCUT2D eigenvalue weighted by Crippen LogP contribution is 2.42. The minimum absolute atomic E-state index is 0.234. The first-order chi connectivity index (χ1) is 8.19. The molecule has 1 aliphatic carbocycles. The molecule has 0 aromatic carbocycles. The summed E-state index contributed by atoms with van der Waals surface area (Å²) in [6.07, 6.45) is 4.01. The van der Waals surface area contributed by atoms with Gasteiger partial charge in [0.05, 0.1) is 0 Å². The molecule has 2 rings (SSSR count). The molecule has 0 fully saturated rings. The van der Waals surface area contributed by atoms with Gasteiger partial charge in [-0.3, -0.25) is 4.98 Å². The van der Waals surface area contributed by atoms with E-state index >= 15 is 0 Å². The number of rotatable bonds is 0. The Labute approximate surface area is 111 Å². The molecule has 0 N–H and O–H groups in total. The number of fused-ring (bicyclic) bond motifs is 1. The van der Waals surface area contributed by atoms with E-state index in [4.69, 9.17) is 0 Å². The van der Waals surface area contributed by atoms with Crippen molar-refractivity contribution in [1.29, 1.82) is 0 Å². The van der Waals surface area contributed by atoms with Crippen LogP contribution in [0.5, 0.6) is 0 Å². The van der Waals surface area contributed by atoms with Gasteiger partial charge in [-0.25, -0.2) is 0 Å². The van der Waals surface area contributed by atoms with Crippen molar-refractivity contribution < 1.29 is 0 Å². The summed E-state index contributed by atoms with van der Waals surface area (Å²) in [6.45, 7) is 14.0. The average molecular weight is 243 g/mol. The van der Waals surface area contributed by atoms with Crippen molar-refractivity contribution in [2.75, 3.05) is 0 Å². The van der Waals surface area contributed by atoms with Gasteiger partial charge in [-0.05, 0) is 28.9 Å². The molecular formula is C17H25N. The van der Waals surface area contributed by atoms with Gasteiger partial charge in [0.2, 0.25) is 0 Å². The zero-order valence-electron chi connectivity index (χ0n) is 12.6. The fourth-order valence-corrected chi connectivity index (χ4v) is 2.80. The Balaban J connectivity index is 2.53. The second kappa shape index (κ2) is 4.22. The molecule has 0 radical (unpaired) electrons. The molecule has 1 heteroatoms. The summed E-state index contributed by atoms with van der Waals surface area (Å²) in [7, 11) is 0. The Morgan fingerprint density at radius 3 is 2.00 bits per heavy atom. The first-order valence-electron chi connectivity index (χ1n) is 6.85. The molecule has 1 aromatic heterocycles. The standard InChI is InChI=1S/C17H25N/c1-16(2,3)13-10-12-8-7-9-18-15(12)11-14(13)17(4,5)6/h7-9H,10-11H2,1-6H3. The summed E-state index contributed by atoms with van der Waals surface area (Å²) in [4.78, 5) is 4.57. The van der Waals surface area contributed by atoms with Crippen LogP contribution in [0.3, 0.4) is 0 Å². The van der Waals surface area contributed by atoms with Crippen LogP contribution in [-0.4, -0.2) is 4.98 Å². The quantitative estimate of drug-likeness (QED) is 0.608. The van der Waals surface area contributed by atoms with Crippen molar-refractivity contribution in [3.8, 4) is 0 Å². The fraction of sp³-hybridized carbons (Fsp3) is 0.588. The first-order valence-corrected chi connectivity index (χ1v) is 6.85. The molecule has 18 heavy (non-hydrogen) atoms. The van der Waals surface area contributed by atoms with Gasteiger partial charge in [0.15, 0.2) is 0 Å². The predicted octanol–water partition coefficient (Wildman–Crippen LogP) is 4.57. The van der Waals surface area contributed by atoms with Crippen molar-refractivity contribution >= 4 is 0 Å². The van der Waals surface area contributed by atoms with E-state index in [2.05, 4.69) is 58.7 Å². The van der Waals surface area contributed by atoms with E-state index in [1.165, 1.54) is 11.3 Å². The maximum atomic E-state index is 4.57. The summed E-state index contributed by atoms with van der Waals surface area (Å²) in [6, 6.07) is 4.29. The van der Waals surface area contributed by atoms with E-state index < -0.39 is 0 Å². The normalized spacial score (nSPS) is 16.8. The van der Waals surface area contributed by atoms with E-state index in [1.54, 1.807) is 11.1 Å². The molecule has 0 amide bonds. The third kappa shape index (κ3) is 2.50. The van der Waals surface area contributed by atoms with Gasteiger partial charge in [0, 0.05) is 18.3 Å². The fourth-order valence-electron chi connectivity index (χ4n) is 2.80. The number of allylic oxidation sites excluding steroid dienone is 2. The van der Waals surface area contributed by atoms with Crippen LogP contribution in [0.15, 0.2) is 29.5 Å². The molecule has 0 atom stereocenters. The zero-order chi connectivity index (χ0) is 13.6. The second-order valence-electron chi connectivity index (χ2n) is 7.42. The van der Waals surface area contributed by atoms with Crippen LogP contribution in [0.25, 0.3) is 0 Å². The maximum absolute atomic E-state index is 4.57. The molecule has 1 aliphatic rings. The molecule has 1 nitrogen and oxygen atoms in total. The lowest BCUT2D eigenvalue weighted by atomic mass is 9.69. The van der Waals surface area contributed by atoms with Gasteiger partial charge in [0.1, 0.15) is 0 Å². The molecule has 0 saturated carbocycles. The number of aromatic nitrogens is 1. The first kappa shape index (κ1) is 13.3. The van der Waals surface area contributed by atoms with E-state index in [-0.39, 0.29) is 10.8 Å². The number of hydrogen-bond acceptors (Lipinski definition) is 1. The molecule has 0 saturated heterocycles. The second-order valence-corrected chi connectivity index (χ2v) is 7.42. The molecule has 1 aromatic rings. The highest BCUT2D eigenvalue weighted by molar-refractivity contribution is 5.40. The Morgan fingerprint density at radius 2 is 1.44 bits per heavy atom. The Hall–Kier alpha value is -1.11. The van der Waals surface area contributed by atoms with Crippen molar-refractivity contribution in [2.45, 2.75) is 54.4 Å². The van der Waals surface area contributed by atoms with Gasteiger partial charge in [0.25, 0.3) is 0 Å². The predicted molar refractivity (Wildman–Crippen MR) is 77.6 cm³/mol. The minimum Gasteiger partial charge on any atom is -0.261 e. The lowest BCUT2D eigenvalue weighted by molar-refractivity contribution is 0.420. The molecule has 0 bridgehead atoms. The van der Waals surface area contributed by atoms with Crippen LogP contribution in [0.2, 0.25) is 0 Å². The molecule has 0 spiro atoms. The molecule has 0 unspecified atom stereocenters. The summed E-state index contributed by atoms with van der Waals surface area (Å²) >= 11 is 0. The maximum Gasteiger partial charge on any atom is 0.0479 e. The topological polar surface area (TPSA) is 12.9 Å². The lowest BCUT2D eigenvalue weighted by Gasteiger charge is -2.37. The third-order valence-electron chi connectivity index (χ3n) is 3.87. The van der Waals surface area contributed by atoms with Crippen LogP contribution in [0, 0.1) is 10.8 Å². The highest BCUT2D eigenvalue weighted by atomic mass is 14.7. The minimum atomic E-state index is 0.234. The van der Waals surface area contributed by atoms with Gasteiger partial charge in [-0.15, -0.1) is 0 Å². The van der Waals surface area contributed by atoms with Gasteiger partial charge < -0.3 is 0 Å². The Morgan fingerprint density at radius 1 is 0.889 bits per heavy atom. The van der Waals surface area contributed by atoms with Crippen LogP contribution in [0.1, 0.15) is 52.8 Å². The van der Waals surface area contributed by atoms with Crippen LogP contribution in [0.4, 0.5) is 0 Å². The van der Waals surface area contributed by atoms with E-state index in [0.717, 1.165) is 12.8 Å². The SMILES string of the molecule is CC(C)(C)C1=C(C(C)(C)C)Cc2ncccc2C1. The summed E-state index contributed by atoms with van der Waals surface area (Å²) in [5.41, 5.74) is 6.36. The Kier molecular flexibility index (Phi) is 3.12. The highest BCUT2D eigenvalue weighted by Gasteiger charge is 2.31. The summed E-state index contributed by atoms with van der Waals surface area (Å²) in [5, 5.41) is 0. The number of nitrogens with zero attached hydrogens (tertiary/aromatic N) is 1. The number of hydrogen-bond donors (Lipinski definition) is 0. The smallest absolute Gasteiger partial charge is 0.0479 e. The van der Waals surface area contributed by atoms with Crippen molar-refractivity contribution in [3.05, 3.63) is 40.7 Å². The largest absolute Gasteiger partial charge is 0.261 e. The summed E-state index contributed by atoms with van der Waals surface area (Å²) < 4.78 is 0. The van der Waals surface area contributed by atoms with Crippen LogP contribution >= 0.6 is 0 Å². The Bertz CT molecular complexity index is 436. The van der Waals surface area contributed by atoms with Crippen molar-refractivity contribution in [1.82, 2.24) is 4.98 Å². The number of pyridine rings is 1. The zero-order valence-corrected chi connectivity index (χ0v) is 12.6. The van der Waals surface area contributed by atoms with Crippen molar-refractivity contribution in [3.63, 3.8) is 0 Å². The monoisotopic (exact) mass is 243 g/mol. The van der Waals surface area contributed by atoms with Gasteiger partial charge in [-0.2, -0.15) is 0 Å². The lowest BCUT2D eigenvalue weighted by Crippen LogP contribution is -2.26. The van der Waals surface area contributed by atoms with E-state index in [0.29, 0.717) is 0 Å². The van der Waals surface area contributed by atoms with Crippen LogP contribution in [-0.2, 0) is 12.8 Å².